The summed E-state index contributed by atoms with van der Waals surface area (Å²) in [6.07, 6.45) is 3.59. The molecular weight excluding hydrogens is 340 g/mol. The van der Waals surface area contributed by atoms with Crippen molar-refractivity contribution in [2.75, 3.05) is 30.0 Å². The summed E-state index contributed by atoms with van der Waals surface area (Å²) < 4.78 is 5.46. The first kappa shape index (κ1) is 15.8. The van der Waals surface area contributed by atoms with E-state index in [2.05, 4.69) is 49.1 Å². The second-order valence-corrected chi connectivity index (χ2v) is 6.44. The average molecular weight is 358 g/mol. The first-order valence-corrected chi connectivity index (χ1v) is 8.77. The third kappa shape index (κ3) is 2.78. The zero-order valence-corrected chi connectivity index (χ0v) is 14.6. The van der Waals surface area contributed by atoms with E-state index < -0.39 is 0 Å². The van der Waals surface area contributed by atoms with Gasteiger partial charge in [-0.05, 0) is 41.8 Å². The summed E-state index contributed by atoms with van der Waals surface area (Å²) in [6.45, 7) is 6.08. The summed E-state index contributed by atoms with van der Waals surface area (Å²) >= 11 is 0. The summed E-state index contributed by atoms with van der Waals surface area (Å²) in [7, 11) is 0. The lowest BCUT2D eigenvalue weighted by Gasteiger charge is -2.30. The number of anilines is 3. The molecule has 3 aromatic heterocycles. The van der Waals surface area contributed by atoms with Crippen molar-refractivity contribution in [2.24, 2.45) is 0 Å². The first-order valence-electron chi connectivity index (χ1n) is 8.77. The SMILES string of the molecule is C=C1COCCN1c1nccc2cc(Nc3n[nH]c4cccnc34)ccc12. The monoisotopic (exact) mass is 358 g/mol. The molecule has 2 N–H and O–H groups in total. The Morgan fingerprint density at radius 3 is 3.04 bits per heavy atom. The van der Waals surface area contributed by atoms with Gasteiger partial charge in [0.15, 0.2) is 5.82 Å². The molecule has 0 bridgehead atoms. The first-order chi connectivity index (χ1) is 13.3. The van der Waals surface area contributed by atoms with Crippen LogP contribution in [0.15, 0.2) is 61.1 Å². The van der Waals surface area contributed by atoms with Crippen LogP contribution in [0.5, 0.6) is 0 Å². The van der Waals surface area contributed by atoms with Gasteiger partial charge in [-0.3, -0.25) is 10.1 Å². The Hall–Kier alpha value is -3.45. The molecule has 1 aliphatic rings. The number of hydrogen-bond donors (Lipinski definition) is 2. The standard InChI is InChI=1S/C20H18N6O/c1-13-12-27-10-9-26(13)20-16-5-4-15(11-14(16)6-8-22-20)23-19-18-17(24-25-19)3-2-7-21-18/h2-8,11H,1,9-10,12H2,(H2,23,24,25). The van der Waals surface area contributed by atoms with Crippen molar-refractivity contribution in [3.05, 3.63) is 61.1 Å². The fourth-order valence-electron chi connectivity index (χ4n) is 3.37. The lowest BCUT2D eigenvalue weighted by Crippen LogP contribution is -2.34. The van der Waals surface area contributed by atoms with Crippen LogP contribution in [0.1, 0.15) is 0 Å². The quantitative estimate of drug-likeness (QED) is 0.583. The molecule has 1 saturated heterocycles. The van der Waals surface area contributed by atoms with E-state index in [1.54, 1.807) is 6.20 Å². The average Bonchev–Trinajstić information content (AvgIpc) is 3.11. The molecule has 4 heterocycles. The maximum absolute atomic E-state index is 5.46. The molecule has 1 aromatic carbocycles. The molecule has 0 saturated carbocycles. The molecule has 134 valence electrons. The normalized spacial score (nSPS) is 14.8. The molecule has 7 nitrogen and oxygen atoms in total. The summed E-state index contributed by atoms with van der Waals surface area (Å²) in [5.74, 6) is 1.63. The summed E-state index contributed by atoms with van der Waals surface area (Å²) in [5.41, 5.74) is 3.59. The molecule has 0 spiro atoms. The molecule has 5 rings (SSSR count). The van der Waals surface area contributed by atoms with Gasteiger partial charge in [-0.25, -0.2) is 4.98 Å². The second kappa shape index (κ2) is 6.37. The molecule has 0 aliphatic carbocycles. The van der Waals surface area contributed by atoms with E-state index in [0.717, 1.165) is 45.6 Å². The Labute approximate surface area is 155 Å². The molecule has 0 unspecified atom stereocenters. The Morgan fingerprint density at radius 2 is 2.11 bits per heavy atom. The number of ether oxygens (including phenoxy) is 1. The van der Waals surface area contributed by atoms with E-state index in [0.29, 0.717) is 19.0 Å². The van der Waals surface area contributed by atoms with Gasteiger partial charge >= 0.3 is 0 Å². The highest BCUT2D eigenvalue weighted by molar-refractivity contribution is 5.96. The molecule has 4 aromatic rings. The molecule has 27 heavy (non-hydrogen) atoms. The summed E-state index contributed by atoms with van der Waals surface area (Å²) in [4.78, 5) is 11.1. The molecule has 0 amide bonds. The van der Waals surface area contributed by atoms with Gasteiger partial charge in [-0.2, -0.15) is 5.10 Å². The molecule has 7 heteroatoms. The van der Waals surface area contributed by atoms with E-state index in [1.807, 2.05) is 30.5 Å². The minimum atomic E-state index is 0.539. The van der Waals surface area contributed by atoms with Crippen molar-refractivity contribution in [2.45, 2.75) is 0 Å². The number of benzene rings is 1. The summed E-state index contributed by atoms with van der Waals surface area (Å²) in [6, 6.07) is 12.0. The van der Waals surface area contributed by atoms with Crippen LogP contribution in [0.3, 0.4) is 0 Å². The van der Waals surface area contributed by atoms with Gasteiger partial charge in [0.05, 0.1) is 18.7 Å². The van der Waals surface area contributed by atoms with Crippen molar-refractivity contribution in [1.29, 1.82) is 0 Å². The topological polar surface area (TPSA) is 79.0 Å². The zero-order valence-electron chi connectivity index (χ0n) is 14.6. The van der Waals surface area contributed by atoms with Crippen molar-refractivity contribution < 1.29 is 4.74 Å². The minimum Gasteiger partial charge on any atom is -0.373 e. The second-order valence-electron chi connectivity index (χ2n) is 6.44. The number of aromatic amines is 1. The fraction of sp³-hybridized carbons (Fsp3) is 0.150. The van der Waals surface area contributed by atoms with Crippen LogP contribution in [0.25, 0.3) is 21.8 Å². The number of rotatable bonds is 3. The number of H-pyrrole nitrogens is 1. The fourth-order valence-corrected chi connectivity index (χ4v) is 3.37. The molecule has 1 aliphatic heterocycles. The number of pyridine rings is 2. The molecule has 0 atom stereocenters. The van der Waals surface area contributed by atoms with Gasteiger partial charge < -0.3 is 15.0 Å². The predicted octanol–water partition coefficient (Wildman–Crippen LogP) is 3.60. The van der Waals surface area contributed by atoms with Crippen LogP contribution >= 0.6 is 0 Å². The van der Waals surface area contributed by atoms with E-state index in [4.69, 9.17) is 4.74 Å². The van der Waals surface area contributed by atoms with Gasteiger partial charge in [-0.1, -0.05) is 6.58 Å². The van der Waals surface area contributed by atoms with E-state index in [1.165, 1.54) is 0 Å². The number of hydrogen-bond acceptors (Lipinski definition) is 6. The van der Waals surface area contributed by atoms with E-state index in [-0.39, 0.29) is 0 Å². The highest BCUT2D eigenvalue weighted by atomic mass is 16.5. The summed E-state index contributed by atoms with van der Waals surface area (Å²) in [5, 5.41) is 12.8. The van der Waals surface area contributed by atoms with Gasteiger partial charge in [0, 0.05) is 35.7 Å². The Kier molecular flexibility index (Phi) is 3.72. The van der Waals surface area contributed by atoms with E-state index >= 15 is 0 Å². The number of nitrogens with zero attached hydrogens (tertiary/aromatic N) is 4. The highest BCUT2D eigenvalue weighted by Gasteiger charge is 2.18. The van der Waals surface area contributed by atoms with Crippen molar-refractivity contribution in [3.8, 4) is 0 Å². The van der Waals surface area contributed by atoms with Gasteiger partial charge in [0.2, 0.25) is 0 Å². The smallest absolute Gasteiger partial charge is 0.178 e. The van der Waals surface area contributed by atoms with Gasteiger partial charge in [-0.15, -0.1) is 0 Å². The van der Waals surface area contributed by atoms with E-state index in [9.17, 15) is 0 Å². The van der Waals surface area contributed by atoms with Gasteiger partial charge in [0.25, 0.3) is 0 Å². The Morgan fingerprint density at radius 1 is 1.15 bits per heavy atom. The van der Waals surface area contributed by atoms with Crippen LogP contribution in [-0.4, -0.2) is 39.9 Å². The van der Waals surface area contributed by atoms with Crippen molar-refractivity contribution >= 4 is 39.1 Å². The third-order valence-electron chi connectivity index (χ3n) is 4.69. The van der Waals surface area contributed by atoms with Crippen LogP contribution in [0.4, 0.5) is 17.3 Å². The number of nitrogens with one attached hydrogen (secondary N) is 2. The Balaban J connectivity index is 1.52. The lowest BCUT2D eigenvalue weighted by atomic mass is 10.1. The van der Waals surface area contributed by atoms with Crippen LogP contribution in [0, 0.1) is 0 Å². The predicted molar refractivity (Wildman–Crippen MR) is 106 cm³/mol. The van der Waals surface area contributed by atoms with Crippen LogP contribution < -0.4 is 10.2 Å². The zero-order chi connectivity index (χ0) is 18.2. The molecule has 0 radical (unpaired) electrons. The maximum atomic E-state index is 5.46. The van der Waals surface area contributed by atoms with Crippen LogP contribution in [-0.2, 0) is 4.74 Å². The largest absolute Gasteiger partial charge is 0.373 e. The minimum absolute atomic E-state index is 0.539. The number of fused-ring (bicyclic) bond motifs is 2. The van der Waals surface area contributed by atoms with Gasteiger partial charge in [0.1, 0.15) is 11.3 Å². The van der Waals surface area contributed by atoms with Crippen molar-refractivity contribution in [1.82, 2.24) is 20.2 Å². The maximum Gasteiger partial charge on any atom is 0.178 e. The Bertz CT molecular complexity index is 1150. The third-order valence-corrected chi connectivity index (χ3v) is 4.69. The lowest BCUT2D eigenvalue weighted by molar-refractivity contribution is 0.143. The molecule has 1 fully saturated rings. The highest BCUT2D eigenvalue weighted by Crippen LogP contribution is 2.31. The molecular formula is C20H18N6O. The van der Waals surface area contributed by atoms with Crippen molar-refractivity contribution in [3.63, 3.8) is 0 Å². The number of morpholine rings is 1. The number of aromatic nitrogens is 4. The van der Waals surface area contributed by atoms with Crippen LogP contribution in [0.2, 0.25) is 0 Å².